The van der Waals surface area contributed by atoms with Crippen molar-refractivity contribution < 1.29 is 4.79 Å². The van der Waals surface area contributed by atoms with Crippen molar-refractivity contribution in [3.63, 3.8) is 0 Å². The van der Waals surface area contributed by atoms with Crippen molar-refractivity contribution in [2.24, 2.45) is 7.05 Å². The van der Waals surface area contributed by atoms with Gasteiger partial charge in [0.2, 0.25) is 0 Å². The van der Waals surface area contributed by atoms with E-state index in [2.05, 4.69) is 10.00 Å². The van der Waals surface area contributed by atoms with Gasteiger partial charge in [0.1, 0.15) is 5.69 Å². The van der Waals surface area contributed by atoms with Gasteiger partial charge in [-0.2, -0.15) is 5.10 Å². The van der Waals surface area contributed by atoms with E-state index in [4.69, 9.17) is 16.6 Å². The zero-order valence-electron chi connectivity index (χ0n) is 15.8. The number of nitrogens with zero attached hydrogens (tertiary/aromatic N) is 5. The van der Waals surface area contributed by atoms with Crippen LogP contribution in [-0.2, 0) is 7.05 Å². The zero-order chi connectivity index (χ0) is 18.8. The number of fused-ring (bicyclic) bond motifs is 1. The van der Waals surface area contributed by atoms with Crippen LogP contribution >= 0.6 is 35.3 Å². The number of hydrogen-bond donors (Lipinski definition) is 0. The fourth-order valence-corrected chi connectivity index (χ4v) is 4.10. The maximum absolute atomic E-state index is 13.1. The lowest BCUT2D eigenvalue weighted by atomic mass is 10.2. The number of rotatable bonds is 6. The van der Waals surface area contributed by atoms with Crippen LogP contribution in [0.25, 0.3) is 10.2 Å². The van der Waals surface area contributed by atoms with Crippen molar-refractivity contribution in [3.05, 3.63) is 40.7 Å². The Balaban J connectivity index is 0.00000261. The molecular weight excluding hydrogens is 405 g/mol. The summed E-state index contributed by atoms with van der Waals surface area (Å²) >= 11 is 7.80. The number of benzene rings is 1. The average molecular weight is 428 g/mol. The molecule has 0 aliphatic carbocycles. The van der Waals surface area contributed by atoms with Gasteiger partial charge in [0, 0.05) is 19.8 Å². The summed E-state index contributed by atoms with van der Waals surface area (Å²) in [5, 5.41) is 5.45. The molecule has 6 nitrogen and oxygen atoms in total. The molecule has 3 aromatic rings. The minimum absolute atomic E-state index is 0. The van der Waals surface area contributed by atoms with Gasteiger partial charge in [-0.25, -0.2) is 4.98 Å². The first-order chi connectivity index (χ1) is 12.4. The number of carbonyl (C=O) groups is 1. The second kappa shape index (κ2) is 9.01. The molecule has 0 aliphatic heterocycles. The number of aromatic nitrogens is 3. The van der Waals surface area contributed by atoms with Gasteiger partial charge in [-0.15, -0.1) is 12.4 Å². The third kappa shape index (κ3) is 4.60. The van der Waals surface area contributed by atoms with E-state index in [1.165, 1.54) is 11.3 Å². The first kappa shape index (κ1) is 21.6. The average Bonchev–Trinajstić information content (AvgIpc) is 3.21. The molecule has 0 radical (unpaired) electrons. The van der Waals surface area contributed by atoms with E-state index in [1.54, 1.807) is 28.9 Å². The van der Waals surface area contributed by atoms with Crippen LogP contribution in [0.3, 0.4) is 0 Å². The number of halogens is 2. The van der Waals surface area contributed by atoms with Gasteiger partial charge in [0.15, 0.2) is 5.13 Å². The molecule has 0 spiro atoms. The number of carbonyl (C=O) groups excluding carboxylic acids is 1. The van der Waals surface area contributed by atoms with Crippen LogP contribution < -0.4 is 4.90 Å². The smallest absolute Gasteiger partial charge is 0.278 e. The van der Waals surface area contributed by atoms with Crippen LogP contribution in [0, 0.1) is 6.92 Å². The van der Waals surface area contributed by atoms with E-state index in [-0.39, 0.29) is 18.3 Å². The SMILES string of the molecule is Cc1ccc(Cl)c2sc(N(CCCN(C)C)C(=O)c3ccnn3C)nc12.Cl. The maximum atomic E-state index is 13.1. The Kier molecular flexibility index (Phi) is 7.22. The highest BCUT2D eigenvalue weighted by Gasteiger charge is 2.24. The molecule has 27 heavy (non-hydrogen) atoms. The van der Waals surface area contributed by atoms with E-state index in [0.29, 0.717) is 22.4 Å². The maximum Gasteiger partial charge on any atom is 0.278 e. The van der Waals surface area contributed by atoms with E-state index >= 15 is 0 Å². The van der Waals surface area contributed by atoms with Crippen molar-refractivity contribution in [2.75, 3.05) is 32.1 Å². The lowest BCUT2D eigenvalue weighted by molar-refractivity contribution is 0.0977. The molecule has 2 aromatic heterocycles. The molecule has 0 atom stereocenters. The summed E-state index contributed by atoms with van der Waals surface area (Å²) in [4.78, 5) is 21.7. The van der Waals surface area contributed by atoms with Gasteiger partial charge in [0.25, 0.3) is 5.91 Å². The lowest BCUT2D eigenvalue weighted by Crippen LogP contribution is -2.34. The molecule has 0 unspecified atom stereocenters. The molecule has 0 aliphatic rings. The van der Waals surface area contributed by atoms with Crippen molar-refractivity contribution >= 4 is 56.6 Å². The Hall–Kier alpha value is -1.67. The fraction of sp³-hybridized carbons (Fsp3) is 0.389. The number of aryl methyl sites for hydroxylation is 2. The Morgan fingerprint density at radius 1 is 1.26 bits per heavy atom. The minimum atomic E-state index is -0.100. The molecule has 9 heteroatoms. The number of thiazole rings is 1. The first-order valence-electron chi connectivity index (χ1n) is 8.38. The fourth-order valence-electron chi connectivity index (χ4n) is 2.76. The molecule has 0 N–H and O–H groups in total. The molecule has 2 heterocycles. The summed E-state index contributed by atoms with van der Waals surface area (Å²) in [5.74, 6) is -0.100. The molecule has 0 bridgehead atoms. The van der Waals surface area contributed by atoms with E-state index < -0.39 is 0 Å². The molecule has 1 aromatic carbocycles. The normalized spacial score (nSPS) is 11.0. The van der Waals surface area contributed by atoms with E-state index in [9.17, 15) is 4.79 Å². The van der Waals surface area contributed by atoms with Gasteiger partial charge < -0.3 is 4.90 Å². The highest BCUT2D eigenvalue weighted by Crippen LogP contribution is 2.36. The van der Waals surface area contributed by atoms with Crippen molar-refractivity contribution in [1.29, 1.82) is 0 Å². The van der Waals surface area contributed by atoms with Crippen LogP contribution in [-0.4, -0.2) is 52.8 Å². The van der Waals surface area contributed by atoms with Crippen LogP contribution in [0.4, 0.5) is 5.13 Å². The van der Waals surface area contributed by atoms with Crippen LogP contribution in [0.1, 0.15) is 22.5 Å². The Bertz CT molecular complexity index is 898. The summed E-state index contributed by atoms with van der Waals surface area (Å²) in [6, 6.07) is 5.56. The van der Waals surface area contributed by atoms with Crippen LogP contribution in [0.5, 0.6) is 0 Å². The summed E-state index contributed by atoms with van der Waals surface area (Å²) in [6.07, 6.45) is 2.48. The molecule has 0 saturated heterocycles. The summed E-state index contributed by atoms with van der Waals surface area (Å²) in [6.45, 7) is 3.47. The Labute approximate surface area is 174 Å². The summed E-state index contributed by atoms with van der Waals surface area (Å²) in [7, 11) is 5.81. The summed E-state index contributed by atoms with van der Waals surface area (Å²) in [5.41, 5.74) is 2.44. The van der Waals surface area contributed by atoms with Crippen LogP contribution in [0.15, 0.2) is 24.4 Å². The molecule has 3 rings (SSSR count). The zero-order valence-corrected chi connectivity index (χ0v) is 18.2. The lowest BCUT2D eigenvalue weighted by Gasteiger charge is -2.21. The van der Waals surface area contributed by atoms with Crippen molar-refractivity contribution in [3.8, 4) is 0 Å². The standard InChI is InChI=1S/C18H22ClN5OS.ClH/c1-12-6-7-13(19)16-15(12)21-18(26-16)24(11-5-10-22(2)3)17(25)14-8-9-20-23(14)4;/h6-9H,5,10-11H2,1-4H3;1H. The largest absolute Gasteiger partial charge is 0.309 e. The molecule has 0 saturated carbocycles. The predicted molar refractivity (Wildman–Crippen MR) is 115 cm³/mol. The Morgan fingerprint density at radius 2 is 2.00 bits per heavy atom. The van der Waals surface area contributed by atoms with Gasteiger partial charge in [-0.1, -0.05) is 29.0 Å². The predicted octanol–water partition coefficient (Wildman–Crippen LogP) is 4.01. The summed E-state index contributed by atoms with van der Waals surface area (Å²) < 4.78 is 2.50. The Morgan fingerprint density at radius 3 is 2.59 bits per heavy atom. The molecule has 1 amide bonds. The third-order valence-corrected chi connectivity index (χ3v) is 5.73. The topological polar surface area (TPSA) is 54.3 Å². The quantitative estimate of drug-likeness (QED) is 0.595. The van der Waals surface area contributed by atoms with Crippen molar-refractivity contribution in [1.82, 2.24) is 19.7 Å². The van der Waals surface area contributed by atoms with Gasteiger partial charge in [0.05, 0.1) is 15.2 Å². The second-order valence-corrected chi connectivity index (χ2v) is 7.88. The number of hydrogen-bond acceptors (Lipinski definition) is 5. The number of amides is 1. The highest BCUT2D eigenvalue weighted by atomic mass is 35.5. The molecule has 146 valence electrons. The van der Waals surface area contributed by atoms with Gasteiger partial charge in [-0.05, 0) is 51.7 Å². The van der Waals surface area contributed by atoms with E-state index in [1.807, 2.05) is 33.2 Å². The molecule has 0 fully saturated rings. The minimum Gasteiger partial charge on any atom is -0.309 e. The molecular formula is C18H23Cl2N5OS. The third-order valence-electron chi connectivity index (χ3n) is 4.19. The van der Waals surface area contributed by atoms with Gasteiger partial charge >= 0.3 is 0 Å². The van der Waals surface area contributed by atoms with E-state index in [0.717, 1.165) is 28.7 Å². The van der Waals surface area contributed by atoms with Gasteiger partial charge in [-0.3, -0.25) is 14.4 Å². The number of anilines is 1. The van der Waals surface area contributed by atoms with Crippen molar-refractivity contribution in [2.45, 2.75) is 13.3 Å². The first-order valence-corrected chi connectivity index (χ1v) is 9.58. The highest BCUT2D eigenvalue weighted by molar-refractivity contribution is 7.23. The monoisotopic (exact) mass is 427 g/mol. The second-order valence-electron chi connectivity index (χ2n) is 6.49. The van der Waals surface area contributed by atoms with Crippen LogP contribution in [0.2, 0.25) is 5.02 Å².